The Labute approximate surface area is 203 Å². The Bertz CT molecular complexity index is 1250. The van der Waals surface area contributed by atoms with Crippen molar-refractivity contribution in [3.8, 4) is 0 Å². The number of aliphatic hydroxyl groups is 1. The van der Waals surface area contributed by atoms with Crippen LogP contribution >= 0.6 is 11.8 Å². The van der Waals surface area contributed by atoms with Crippen LogP contribution < -0.4 is 16.0 Å². The van der Waals surface area contributed by atoms with E-state index in [1.165, 1.54) is 0 Å². The van der Waals surface area contributed by atoms with Crippen molar-refractivity contribution in [2.24, 2.45) is 0 Å². The molecule has 2 aromatic heterocycles. The molecule has 0 spiro atoms. The number of carbonyl (C=O) groups is 1. The number of hydrogen-bond donors (Lipinski definition) is 4. The fraction of sp³-hybridized carbons (Fsp3) is 0.346. The van der Waals surface area contributed by atoms with Crippen LogP contribution in [0.25, 0.3) is 11.0 Å². The summed E-state index contributed by atoms with van der Waals surface area (Å²) in [5.74, 6) is 0.525. The average Bonchev–Trinajstić information content (AvgIpc) is 2.84. The summed E-state index contributed by atoms with van der Waals surface area (Å²) in [6.45, 7) is 6.85. The minimum atomic E-state index is -0.967. The van der Waals surface area contributed by atoms with Gasteiger partial charge in [-0.2, -0.15) is 0 Å². The van der Waals surface area contributed by atoms with Gasteiger partial charge in [0.15, 0.2) is 0 Å². The number of rotatable bonds is 6. The van der Waals surface area contributed by atoms with E-state index >= 15 is 0 Å². The lowest BCUT2D eigenvalue weighted by atomic mass is 9.80. The Morgan fingerprint density at radius 3 is 2.91 bits per heavy atom. The number of nitrogens with one attached hydrogen (secondary N) is 3. The second-order valence-electron chi connectivity index (χ2n) is 9.14. The van der Waals surface area contributed by atoms with Crippen molar-refractivity contribution in [1.29, 1.82) is 0 Å². The first-order chi connectivity index (χ1) is 16.4. The molecular formula is C26H29N5O2S. The molecule has 1 amide bonds. The van der Waals surface area contributed by atoms with Crippen LogP contribution in [0.4, 0.5) is 11.4 Å². The van der Waals surface area contributed by atoms with Crippen molar-refractivity contribution in [2.45, 2.75) is 55.7 Å². The summed E-state index contributed by atoms with van der Waals surface area (Å²) in [4.78, 5) is 21.8. The second kappa shape index (κ2) is 9.37. The van der Waals surface area contributed by atoms with Crippen LogP contribution in [0, 0.1) is 6.92 Å². The normalized spacial score (nSPS) is 22.2. The van der Waals surface area contributed by atoms with Gasteiger partial charge in [-0.1, -0.05) is 12.6 Å². The number of hydrogen-bond acceptors (Lipinski definition) is 7. The first kappa shape index (κ1) is 22.8. The van der Waals surface area contributed by atoms with Gasteiger partial charge in [-0.15, -0.1) is 11.8 Å². The van der Waals surface area contributed by atoms with Gasteiger partial charge in [-0.05, 0) is 68.5 Å². The highest BCUT2D eigenvalue weighted by atomic mass is 32.2. The molecule has 176 valence electrons. The number of amides is 1. The molecule has 0 saturated heterocycles. The smallest absolute Gasteiger partial charge is 0.234 e. The Balaban J connectivity index is 1.18. The van der Waals surface area contributed by atoms with Crippen LogP contribution in [0.2, 0.25) is 0 Å². The van der Waals surface area contributed by atoms with E-state index in [1.807, 2.05) is 31.2 Å². The minimum Gasteiger partial charge on any atom is -0.384 e. The predicted octanol–water partition coefficient (Wildman–Crippen LogP) is 4.37. The summed E-state index contributed by atoms with van der Waals surface area (Å²) in [6.07, 6.45) is 4.70. The maximum Gasteiger partial charge on any atom is 0.234 e. The van der Waals surface area contributed by atoms with Crippen molar-refractivity contribution >= 4 is 40.1 Å². The van der Waals surface area contributed by atoms with Gasteiger partial charge in [0, 0.05) is 35.1 Å². The molecule has 8 heteroatoms. The molecule has 3 heterocycles. The lowest BCUT2D eigenvalue weighted by molar-refractivity contribution is -0.113. The van der Waals surface area contributed by atoms with Crippen LogP contribution in [0.3, 0.4) is 0 Å². The van der Waals surface area contributed by atoms with E-state index < -0.39 is 5.60 Å². The molecular weight excluding hydrogens is 446 g/mol. The number of aromatic nitrogens is 2. The summed E-state index contributed by atoms with van der Waals surface area (Å²) < 4.78 is 0. The van der Waals surface area contributed by atoms with Gasteiger partial charge in [0.25, 0.3) is 0 Å². The topological polar surface area (TPSA) is 99.2 Å². The lowest BCUT2D eigenvalue weighted by Crippen LogP contribution is -2.43. The number of pyridine rings is 2. The van der Waals surface area contributed by atoms with E-state index in [0.29, 0.717) is 30.3 Å². The van der Waals surface area contributed by atoms with Gasteiger partial charge in [0.2, 0.25) is 5.91 Å². The largest absolute Gasteiger partial charge is 0.384 e. The van der Waals surface area contributed by atoms with E-state index in [-0.39, 0.29) is 5.91 Å². The molecule has 1 fully saturated rings. The SMILES string of the molecule is C=C(Nc1ccnc2ccc(C)nc12)[C@]1(O)CC[C@@H](NCc2ccc3c(c2)NC(=O)CS3)CC1. The molecule has 1 saturated carbocycles. The highest BCUT2D eigenvalue weighted by Gasteiger charge is 2.36. The van der Waals surface area contributed by atoms with Crippen LogP contribution in [0.15, 0.2) is 59.8 Å². The molecule has 1 aromatic carbocycles. The summed E-state index contributed by atoms with van der Waals surface area (Å²) in [6, 6.07) is 12.3. The number of nitrogens with zero attached hydrogens (tertiary/aromatic N) is 2. The summed E-state index contributed by atoms with van der Waals surface area (Å²) in [5.41, 5.74) is 4.99. The molecule has 0 atom stereocenters. The predicted molar refractivity (Wildman–Crippen MR) is 137 cm³/mol. The van der Waals surface area contributed by atoms with Crippen LogP contribution in [-0.2, 0) is 11.3 Å². The van der Waals surface area contributed by atoms with Gasteiger partial charge < -0.3 is 21.1 Å². The Morgan fingerprint density at radius 2 is 2.09 bits per heavy atom. The first-order valence-corrected chi connectivity index (χ1v) is 12.6. The third kappa shape index (κ3) is 4.80. The number of fused-ring (bicyclic) bond motifs is 2. The third-order valence-electron chi connectivity index (χ3n) is 6.65. The van der Waals surface area contributed by atoms with Gasteiger partial charge in [0.05, 0.1) is 22.6 Å². The minimum absolute atomic E-state index is 0.0497. The molecule has 5 rings (SSSR count). The van der Waals surface area contributed by atoms with Crippen molar-refractivity contribution in [2.75, 3.05) is 16.4 Å². The van der Waals surface area contributed by atoms with Gasteiger partial charge in [-0.25, -0.2) is 4.98 Å². The fourth-order valence-electron chi connectivity index (χ4n) is 4.61. The molecule has 0 unspecified atom stereocenters. The average molecular weight is 476 g/mol. The van der Waals surface area contributed by atoms with E-state index in [1.54, 1.807) is 18.0 Å². The highest BCUT2D eigenvalue weighted by Crippen LogP contribution is 2.36. The Hall–Kier alpha value is -2.94. The number of carbonyl (C=O) groups excluding carboxylic acids is 1. The monoisotopic (exact) mass is 475 g/mol. The van der Waals surface area contributed by atoms with E-state index in [4.69, 9.17) is 0 Å². The van der Waals surface area contributed by atoms with E-state index in [0.717, 1.165) is 57.9 Å². The van der Waals surface area contributed by atoms with E-state index in [2.05, 4.69) is 44.6 Å². The number of benzene rings is 1. The van der Waals surface area contributed by atoms with Gasteiger partial charge in [0.1, 0.15) is 11.1 Å². The lowest BCUT2D eigenvalue weighted by Gasteiger charge is -2.38. The number of thioether (sulfide) groups is 1. The standard InChI is InChI=1S/C26H29N5O2S/c1-16-3-5-20-25(29-16)21(9-12-27-20)30-17(2)26(33)10-7-19(8-11-26)28-14-18-4-6-23-22(13-18)31-24(32)15-34-23/h3-6,9,12-13,19,28,33H,2,7-8,10-11,14-15H2,1H3,(H,27,30)(H,31,32)/t19-,26+. The third-order valence-corrected chi connectivity index (χ3v) is 7.73. The maximum atomic E-state index is 11.7. The number of anilines is 2. The van der Waals surface area contributed by atoms with Gasteiger partial charge >= 0.3 is 0 Å². The van der Waals surface area contributed by atoms with Crippen LogP contribution in [0.5, 0.6) is 0 Å². The molecule has 0 bridgehead atoms. The zero-order valence-corrected chi connectivity index (χ0v) is 20.0. The van der Waals surface area contributed by atoms with Crippen molar-refractivity contribution in [1.82, 2.24) is 15.3 Å². The molecule has 2 aliphatic rings. The first-order valence-electron chi connectivity index (χ1n) is 11.6. The quantitative estimate of drug-likeness (QED) is 0.420. The zero-order chi connectivity index (χ0) is 23.7. The summed E-state index contributed by atoms with van der Waals surface area (Å²) in [5, 5.41) is 21.2. The number of aryl methyl sites for hydroxylation is 1. The van der Waals surface area contributed by atoms with Crippen LogP contribution in [-0.4, -0.2) is 38.4 Å². The second-order valence-corrected chi connectivity index (χ2v) is 10.2. The van der Waals surface area contributed by atoms with Gasteiger partial charge in [-0.3, -0.25) is 9.78 Å². The fourth-order valence-corrected chi connectivity index (χ4v) is 5.39. The highest BCUT2D eigenvalue weighted by molar-refractivity contribution is 8.00. The maximum absolute atomic E-state index is 11.7. The molecule has 4 N–H and O–H groups in total. The Kier molecular flexibility index (Phi) is 6.29. The molecule has 0 radical (unpaired) electrons. The van der Waals surface area contributed by atoms with Crippen molar-refractivity contribution in [3.63, 3.8) is 0 Å². The summed E-state index contributed by atoms with van der Waals surface area (Å²) >= 11 is 1.57. The molecule has 1 aliphatic heterocycles. The van der Waals surface area contributed by atoms with Crippen molar-refractivity contribution < 1.29 is 9.90 Å². The summed E-state index contributed by atoms with van der Waals surface area (Å²) in [7, 11) is 0. The molecule has 3 aromatic rings. The Morgan fingerprint density at radius 1 is 1.26 bits per heavy atom. The molecule has 34 heavy (non-hydrogen) atoms. The molecule has 1 aliphatic carbocycles. The zero-order valence-electron chi connectivity index (χ0n) is 19.2. The molecule has 7 nitrogen and oxygen atoms in total. The van der Waals surface area contributed by atoms with Crippen LogP contribution in [0.1, 0.15) is 36.9 Å². The van der Waals surface area contributed by atoms with E-state index in [9.17, 15) is 9.90 Å². The van der Waals surface area contributed by atoms with Crippen molar-refractivity contribution in [3.05, 3.63) is 66.1 Å².